The summed E-state index contributed by atoms with van der Waals surface area (Å²) in [5.41, 5.74) is 7.35. The Bertz CT molecular complexity index is 1150. The lowest BCUT2D eigenvalue weighted by Crippen LogP contribution is -2.43. The second-order valence-electron chi connectivity index (χ2n) is 6.73. The maximum Gasteiger partial charge on any atom is 0.269 e. The van der Waals surface area contributed by atoms with Gasteiger partial charge in [-0.25, -0.2) is 13.4 Å². The molecule has 0 atom stereocenters. The van der Waals surface area contributed by atoms with E-state index in [0.717, 1.165) is 23.1 Å². The Labute approximate surface area is 168 Å². The number of hydrogen-bond acceptors (Lipinski definition) is 5. The van der Waals surface area contributed by atoms with Gasteiger partial charge in [0.25, 0.3) is 11.8 Å². The van der Waals surface area contributed by atoms with Crippen LogP contribution in [0, 0.1) is 0 Å². The van der Waals surface area contributed by atoms with Crippen LogP contribution in [0.1, 0.15) is 28.7 Å². The van der Waals surface area contributed by atoms with Crippen LogP contribution in [-0.4, -0.2) is 36.0 Å². The van der Waals surface area contributed by atoms with E-state index in [1.807, 2.05) is 35.8 Å². The van der Waals surface area contributed by atoms with Gasteiger partial charge >= 0.3 is 0 Å². The van der Waals surface area contributed by atoms with Gasteiger partial charge in [-0.05, 0) is 29.8 Å². The smallest absolute Gasteiger partial charge is 0.269 e. The van der Waals surface area contributed by atoms with Crippen LogP contribution in [0.25, 0.3) is 11.0 Å². The normalized spacial score (nSPS) is 11.4. The Kier molecular flexibility index (Phi) is 5.97. The number of nitrogens with one attached hydrogen (secondary N) is 2. The summed E-state index contributed by atoms with van der Waals surface area (Å²) in [6.07, 6.45) is 1.82. The summed E-state index contributed by atoms with van der Waals surface area (Å²) in [4.78, 5) is 29.1. The number of carbonyl (C=O) groups is 2. The molecular formula is C20H22N4O4S. The lowest BCUT2D eigenvalue weighted by molar-refractivity contribution is -0.122. The van der Waals surface area contributed by atoms with Crippen molar-refractivity contribution in [3.8, 4) is 0 Å². The minimum Gasteiger partial charge on any atom is -0.318 e. The first-order valence-electron chi connectivity index (χ1n) is 9.07. The molecule has 1 heterocycles. The number of fused-ring (bicyclic) bond motifs is 1. The second-order valence-corrected chi connectivity index (χ2v) is 8.87. The van der Waals surface area contributed by atoms with Crippen molar-refractivity contribution >= 4 is 32.7 Å². The first kappa shape index (κ1) is 20.5. The van der Waals surface area contributed by atoms with Gasteiger partial charge in [-0.2, -0.15) is 0 Å². The molecule has 0 saturated carbocycles. The second kappa shape index (κ2) is 8.44. The number of aryl methyl sites for hydroxylation is 1. The number of nitrogens with zero attached hydrogens (tertiary/aromatic N) is 2. The predicted octanol–water partition coefficient (Wildman–Crippen LogP) is 1.60. The zero-order chi connectivity index (χ0) is 21.0. The van der Waals surface area contributed by atoms with Gasteiger partial charge in [0.05, 0.1) is 16.8 Å². The van der Waals surface area contributed by atoms with Crippen molar-refractivity contribution in [2.45, 2.75) is 25.6 Å². The van der Waals surface area contributed by atoms with Gasteiger partial charge in [0.2, 0.25) is 0 Å². The average molecular weight is 414 g/mol. The number of imidazole rings is 1. The minimum atomic E-state index is -3.14. The third kappa shape index (κ3) is 5.20. The van der Waals surface area contributed by atoms with Gasteiger partial charge in [0.1, 0.15) is 12.4 Å². The highest BCUT2D eigenvalue weighted by Crippen LogP contribution is 2.16. The Morgan fingerprint density at radius 1 is 1.03 bits per heavy atom. The molecule has 0 spiro atoms. The van der Waals surface area contributed by atoms with E-state index >= 15 is 0 Å². The largest absolute Gasteiger partial charge is 0.318 e. The van der Waals surface area contributed by atoms with E-state index in [1.54, 1.807) is 12.1 Å². The third-order valence-electron chi connectivity index (χ3n) is 4.31. The van der Waals surface area contributed by atoms with Gasteiger partial charge < -0.3 is 4.57 Å². The van der Waals surface area contributed by atoms with E-state index in [-0.39, 0.29) is 18.2 Å². The quantitative estimate of drug-likeness (QED) is 0.596. The van der Waals surface area contributed by atoms with E-state index in [0.29, 0.717) is 17.5 Å². The van der Waals surface area contributed by atoms with E-state index in [4.69, 9.17) is 0 Å². The molecule has 29 heavy (non-hydrogen) atoms. The molecule has 0 aliphatic rings. The fraction of sp³-hybridized carbons (Fsp3) is 0.250. The standard InChI is InChI=1S/C20H22N4O4S/c1-3-18-21-16-6-4-5-7-17(16)24(18)12-19(25)22-23-20(26)15-10-8-14(9-11-15)13-29(2,27)28/h4-11H,3,12-13H2,1-2H3,(H,22,25)(H,23,26). The summed E-state index contributed by atoms with van der Waals surface area (Å²) in [6, 6.07) is 13.7. The molecule has 1 aromatic heterocycles. The highest BCUT2D eigenvalue weighted by atomic mass is 32.2. The molecule has 9 heteroatoms. The van der Waals surface area contributed by atoms with Crippen LogP contribution in [0.3, 0.4) is 0 Å². The van der Waals surface area contributed by atoms with Gasteiger partial charge in [-0.15, -0.1) is 0 Å². The van der Waals surface area contributed by atoms with Crippen LogP contribution < -0.4 is 10.9 Å². The number of benzene rings is 2. The summed E-state index contributed by atoms with van der Waals surface area (Å²) in [5.74, 6) is -0.181. The first-order chi connectivity index (χ1) is 13.8. The van der Waals surface area contributed by atoms with Crippen LogP contribution in [0.4, 0.5) is 0 Å². The zero-order valence-corrected chi connectivity index (χ0v) is 17.0. The van der Waals surface area contributed by atoms with E-state index in [2.05, 4.69) is 15.8 Å². The average Bonchev–Trinajstić information content (AvgIpc) is 3.03. The zero-order valence-electron chi connectivity index (χ0n) is 16.2. The molecule has 2 aromatic carbocycles. The van der Waals surface area contributed by atoms with Gasteiger partial charge in [-0.3, -0.25) is 20.4 Å². The third-order valence-corrected chi connectivity index (χ3v) is 5.17. The molecule has 8 nitrogen and oxygen atoms in total. The minimum absolute atomic E-state index is 0.0251. The lowest BCUT2D eigenvalue weighted by Gasteiger charge is -2.10. The molecule has 0 aliphatic carbocycles. The summed E-state index contributed by atoms with van der Waals surface area (Å²) < 4.78 is 24.5. The monoisotopic (exact) mass is 414 g/mol. The molecule has 2 N–H and O–H groups in total. The van der Waals surface area contributed by atoms with Gasteiger partial charge in [0, 0.05) is 18.2 Å². The van der Waals surface area contributed by atoms with Gasteiger partial charge in [0.15, 0.2) is 9.84 Å². The summed E-state index contributed by atoms with van der Waals surface area (Å²) >= 11 is 0. The number of carbonyl (C=O) groups excluding carboxylic acids is 2. The molecule has 3 aromatic rings. The number of sulfone groups is 1. The van der Waals surface area contributed by atoms with Crippen molar-refractivity contribution in [3.05, 3.63) is 65.5 Å². The Balaban J connectivity index is 1.62. The number of rotatable bonds is 6. The van der Waals surface area contributed by atoms with Crippen LogP contribution in [-0.2, 0) is 33.4 Å². The van der Waals surface area contributed by atoms with Crippen molar-refractivity contribution in [1.29, 1.82) is 0 Å². The Morgan fingerprint density at radius 3 is 2.38 bits per heavy atom. The summed E-state index contributed by atoms with van der Waals surface area (Å²) in [6.45, 7) is 1.99. The molecule has 0 unspecified atom stereocenters. The number of para-hydroxylation sites is 2. The molecule has 3 rings (SSSR count). The molecule has 0 bridgehead atoms. The molecule has 0 radical (unpaired) electrons. The van der Waals surface area contributed by atoms with Crippen LogP contribution in [0.2, 0.25) is 0 Å². The van der Waals surface area contributed by atoms with E-state index in [1.165, 1.54) is 12.1 Å². The van der Waals surface area contributed by atoms with Crippen LogP contribution >= 0.6 is 0 Å². The Hall–Kier alpha value is -3.20. The highest BCUT2D eigenvalue weighted by Gasteiger charge is 2.13. The lowest BCUT2D eigenvalue weighted by atomic mass is 10.1. The maximum absolute atomic E-state index is 12.3. The van der Waals surface area contributed by atoms with Crippen molar-refractivity contribution in [2.75, 3.05) is 6.26 Å². The maximum atomic E-state index is 12.3. The number of aromatic nitrogens is 2. The highest BCUT2D eigenvalue weighted by molar-refractivity contribution is 7.89. The Morgan fingerprint density at radius 2 is 1.72 bits per heavy atom. The van der Waals surface area contributed by atoms with Crippen molar-refractivity contribution in [2.24, 2.45) is 0 Å². The number of hydrazine groups is 1. The SMILES string of the molecule is CCc1nc2ccccc2n1CC(=O)NNC(=O)c1ccc(CS(C)(=O)=O)cc1. The topological polar surface area (TPSA) is 110 Å². The molecule has 0 aliphatic heterocycles. The van der Waals surface area contributed by atoms with Crippen molar-refractivity contribution in [1.82, 2.24) is 20.4 Å². The predicted molar refractivity (Wildman–Crippen MR) is 110 cm³/mol. The van der Waals surface area contributed by atoms with Gasteiger partial charge in [-0.1, -0.05) is 31.2 Å². The summed E-state index contributed by atoms with van der Waals surface area (Å²) in [5, 5.41) is 0. The fourth-order valence-corrected chi connectivity index (χ4v) is 3.81. The van der Waals surface area contributed by atoms with Crippen molar-refractivity contribution < 1.29 is 18.0 Å². The van der Waals surface area contributed by atoms with Crippen LogP contribution in [0.5, 0.6) is 0 Å². The van der Waals surface area contributed by atoms with Crippen LogP contribution in [0.15, 0.2) is 48.5 Å². The molecule has 0 fully saturated rings. The van der Waals surface area contributed by atoms with E-state index < -0.39 is 15.7 Å². The first-order valence-corrected chi connectivity index (χ1v) is 11.1. The number of amides is 2. The number of hydrogen-bond donors (Lipinski definition) is 2. The molecule has 2 amide bonds. The summed E-state index contributed by atoms with van der Waals surface area (Å²) in [7, 11) is -3.14. The molecular weight excluding hydrogens is 392 g/mol. The molecule has 152 valence electrons. The van der Waals surface area contributed by atoms with E-state index in [9.17, 15) is 18.0 Å². The fourth-order valence-electron chi connectivity index (χ4n) is 3.01. The van der Waals surface area contributed by atoms with Crippen molar-refractivity contribution in [3.63, 3.8) is 0 Å². The molecule has 0 saturated heterocycles.